The lowest BCUT2D eigenvalue weighted by Gasteiger charge is -2.20. The van der Waals surface area contributed by atoms with Gasteiger partial charge in [0.25, 0.3) is 0 Å². The third-order valence-electron chi connectivity index (χ3n) is 4.78. The normalized spacial score (nSPS) is 22.8. The second kappa shape index (κ2) is 6.95. The van der Waals surface area contributed by atoms with Crippen LogP contribution < -0.4 is 5.32 Å². The first-order valence-corrected chi connectivity index (χ1v) is 9.30. The average Bonchev–Trinajstić information content (AvgIpc) is 3.15. The van der Waals surface area contributed by atoms with Gasteiger partial charge in [-0.05, 0) is 26.7 Å². The summed E-state index contributed by atoms with van der Waals surface area (Å²) >= 11 is 1.48. The van der Waals surface area contributed by atoms with Crippen molar-refractivity contribution in [2.75, 3.05) is 11.9 Å². The first-order chi connectivity index (χ1) is 11.0. The van der Waals surface area contributed by atoms with Crippen molar-refractivity contribution in [2.45, 2.75) is 64.3 Å². The molecular weight excluding hydrogens is 312 g/mol. The molecule has 6 nitrogen and oxygen atoms in total. The Morgan fingerprint density at radius 3 is 2.65 bits per heavy atom. The molecule has 3 rings (SSSR count). The van der Waals surface area contributed by atoms with E-state index < -0.39 is 0 Å². The fourth-order valence-corrected chi connectivity index (χ4v) is 4.33. The van der Waals surface area contributed by atoms with E-state index in [0.29, 0.717) is 17.6 Å². The van der Waals surface area contributed by atoms with Crippen LogP contribution in [0.1, 0.15) is 63.3 Å². The molecule has 0 radical (unpaired) electrons. The van der Waals surface area contributed by atoms with Crippen molar-refractivity contribution < 1.29 is 9.59 Å². The topological polar surface area (TPSA) is 75.2 Å². The van der Waals surface area contributed by atoms with Crippen molar-refractivity contribution in [3.8, 4) is 0 Å². The summed E-state index contributed by atoms with van der Waals surface area (Å²) in [7, 11) is 0. The van der Waals surface area contributed by atoms with Gasteiger partial charge in [0, 0.05) is 24.9 Å². The molecule has 23 heavy (non-hydrogen) atoms. The second-order valence-electron chi connectivity index (χ2n) is 6.81. The van der Waals surface area contributed by atoms with Crippen LogP contribution in [0.25, 0.3) is 0 Å². The minimum Gasteiger partial charge on any atom is -0.339 e. The van der Waals surface area contributed by atoms with E-state index in [2.05, 4.69) is 15.5 Å². The van der Waals surface area contributed by atoms with Crippen LogP contribution in [-0.4, -0.2) is 39.5 Å². The quantitative estimate of drug-likeness (QED) is 0.917. The van der Waals surface area contributed by atoms with Crippen LogP contribution in [0.2, 0.25) is 0 Å². The Kier molecular flexibility index (Phi) is 4.94. The van der Waals surface area contributed by atoms with Crippen LogP contribution in [0.5, 0.6) is 0 Å². The Bertz CT molecular complexity index is 580. The fourth-order valence-electron chi connectivity index (χ4n) is 3.41. The van der Waals surface area contributed by atoms with Crippen LogP contribution in [-0.2, 0) is 9.59 Å². The Balaban J connectivity index is 1.58. The molecule has 126 valence electrons. The summed E-state index contributed by atoms with van der Waals surface area (Å²) in [5.41, 5.74) is 0. The monoisotopic (exact) mass is 336 g/mol. The van der Waals surface area contributed by atoms with Crippen molar-refractivity contribution in [2.24, 2.45) is 5.92 Å². The lowest BCUT2D eigenvalue weighted by molar-refractivity contribution is -0.129. The van der Waals surface area contributed by atoms with Crippen molar-refractivity contribution in [1.82, 2.24) is 15.1 Å². The average molecular weight is 336 g/mol. The molecule has 1 aromatic heterocycles. The number of aromatic nitrogens is 2. The van der Waals surface area contributed by atoms with Crippen LogP contribution in [0.15, 0.2) is 0 Å². The van der Waals surface area contributed by atoms with Gasteiger partial charge in [0.05, 0.1) is 5.92 Å². The number of hydrogen-bond donors (Lipinski definition) is 1. The summed E-state index contributed by atoms with van der Waals surface area (Å²) in [6.45, 7) is 4.44. The molecule has 1 atom stereocenters. The minimum atomic E-state index is -0.285. The number of nitrogens with zero attached hydrogens (tertiary/aromatic N) is 3. The summed E-state index contributed by atoms with van der Waals surface area (Å²) in [5, 5.41) is 12.8. The SMILES string of the molecule is CC(C)N1C[C@@H](C(=O)Nc2nnc(C3CCCCC3)s2)CC1=O. The van der Waals surface area contributed by atoms with E-state index >= 15 is 0 Å². The summed E-state index contributed by atoms with van der Waals surface area (Å²) in [5.74, 6) is 0.150. The molecule has 1 saturated heterocycles. The van der Waals surface area contributed by atoms with E-state index in [1.54, 1.807) is 4.90 Å². The minimum absolute atomic E-state index is 0.0558. The van der Waals surface area contributed by atoms with Crippen molar-refractivity contribution >= 4 is 28.3 Å². The number of rotatable bonds is 4. The van der Waals surface area contributed by atoms with Crippen molar-refractivity contribution in [1.29, 1.82) is 0 Å². The van der Waals surface area contributed by atoms with Crippen LogP contribution in [0, 0.1) is 5.92 Å². The van der Waals surface area contributed by atoms with Crippen LogP contribution in [0.4, 0.5) is 5.13 Å². The number of anilines is 1. The lowest BCUT2D eigenvalue weighted by Crippen LogP contribution is -2.33. The maximum absolute atomic E-state index is 12.4. The number of nitrogens with one attached hydrogen (secondary N) is 1. The molecule has 1 saturated carbocycles. The van der Waals surface area contributed by atoms with Gasteiger partial charge in [0.2, 0.25) is 16.9 Å². The fraction of sp³-hybridized carbons (Fsp3) is 0.750. The Morgan fingerprint density at radius 1 is 1.26 bits per heavy atom. The Labute approximate surface area is 140 Å². The third-order valence-corrected chi connectivity index (χ3v) is 5.78. The molecule has 0 bridgehead atoms. The number of carbonyl (C=O) groups is 2. The number of amides is 2. The summed E-state index contributed by atoms with van der Waals surface area (Å²) < 4.78 is 0. The molecule has 1 N–H and O–H groups in total. The maximum atomic E-state index is 12.4. The van der Waals surface area contributed by atoms with E-state index in [4.69, 9.17) is 0 Å². The van der Waals surface area contributed by atoms with Crippen molar-refractivity contribution in [3.05, 3.63) is 5.01 Å². The van der Waals surface area contributed by atoms with E-state index in [9.17, 15) is 9.59 Å². The highest BCUT2D eigenvalue weighted by Crippen LogP contribution is 2.35. The van der Waals surface area contributed by atoms with Gasteiger partial charge in [0.15, 0.2) is 0 Å². The zero-order valence-electron chi connectivity index (χ0n) is 13.7. The number of likely N-dealkylation sites (tertiary alicyclic amines) is 1. The van der Waals surface area contributed by atoms with Gasteiger partial charge in [-0.3, -0.25) is 9.59 Å². The van der Waals surface area contributed by atoms with E-state index in [0.717, 1.165) is 5.01 Å². The summed E-state index contributed by atoms with van der Waals surface area (Å²) in [6.07, 6.45) is 6.44. The van der Waals surface area contributed by atoms with E-state index in [-0.39, 0.29) is 30.2 Å². The van der Waals surface area contributed by atoms with Gasteiger partial charge in [-0.1, -0.05) is 30.6 Å². The molecule has 0 spiro atoms. The van der Waals surface area contributed by atoms with Gasteiger partial charge in [-0.25, -0.2) is 0 Å². The molecule has 1 aliphatic carbocycles. The largest absolute Gasteiger partial charge is 0.339 e. The molecule has 2 aliphatic rings. The van der Waals surface area contributed by atoms with Crippen molar-refractivity contribution in [3.63, 3.8) is 0 Å². The van der Waals surface area contributed by atoms with Gasteiger partial charge in [-0.2, -0.15) is 0 Å². The smallest absolute Gasteiger partial charge is 0.231 e. The summed E-state index contributed by atoms with van der Waals surface area (Å²) in [6, 6.07) is 0.139. The van der Waals surface area contributed by atoms with Gasteiger partial charge in [-0.15, -0.1) is 10.2 Å². The van der Waals surface area contributed by atoms with Gasteiger partial charge in [0.1, 0.15) is 5.01 Å². The predicted molar refractivity (Wildman–Crippen MR) is 89.3 cm³/mol. The van der Waals surface area contributed by atoms with Gasteiger partial charge < -0.3 is 10.2 Å². The predicted octanol–water partition coefficient (Wildman–Crippen LogP) is 2.78. The first-order valence-electron chi connectivity index (χ1n) is 8.48. The Morgan fingerprint density at radius 2 is 2.00 bits per heavy atom. The third kappa shape index (κ3) is 3.71. The Hall–Kier alpha value is -1.50. The first kappa shape index (κ1) is 16.4. The summed E-state index contributed by atoms with van der Waals surface area (Å²) in [4.78, 5) is 26.0. The molecule has 1 aliphatic heterocycles. The highest BCUT2D eigenvalue weighted by atomic mass is 32.1. The van der Waals surface area contributed by atoms with Gasteiger partial charge >= 0.3 is 0 Å². The standard InChI is InChI=1S/C16H24N4O2S/c1-10(2)20-9-12(8-13(20)21)14(22)17-16-19-18-15(23-16)11-6-4-3-5-7-11/h10-12H,3-9H2,1-2H3,(H,17,19,22)/t12-/m0/s1. The van der Waals surface area contributed by atoms with Crippen LogP contribution >= 0.6 is 11.3 Å². The molecule has 0 unspecified atom stereocenters. The molecule has 7 heteroatoms. The van der Waals surface area contributed by atoms with Crippen LogP contribution in [0.3, 0.4) is 0 Å². The zero-order valence-corrected chi connectivity index (χ0v) is 14.6. The molecule has 2 fully saturated rings. The van der Waals surface area contributed by atoms with E-state index in [1.165, 1.54) is 43.4 Å². The molecular formula is C16H24N4O2S. The number of hydrogen-bond acceptors (Lipinski definition) is 5. The van der Waals surface area contributed by atoms with E-state index in [1.807, 2.05) is 13.8 Å². The highest BCUT2D eigenvalue weighted by Gasteiger charge is 2.35. The highest BCUT2D eigenvalue weighted by molar-refractivity contribution is 7.15. The lowest BCUT2D eigenvalue weighted by atomic mass is 9.90. The zero-order chi connectivity index (χ0) is 16.4. The molecule has 2 heterocycles. The number of carbonyl (C=O) groups excluding carboxylic acids is 2. The molecule has 2 amide bonds. The maximum Gasteiger partial charge on any atom is 0.231 e. The molecule has 1 aromatic rings. The second-order valence-corrected chi connectivity index (χ2v) is 7.82. The molecule has 0 aromatic carbocycles.